The number of benzene rings is 2. The second-order valence-electron chi connectivity index (χ2n) is 4.78. The molecule has 0 amide bonds. The third-order valence-electron chi connectivity index (χ3n) is 3.32. The second-order valence-corrected chi connectivity index (χ2v) is 5.70. The number of hydrogen-bond donors (Lipinski definition) is 1. The Labute approximate surface area is 128 Å². The fourth-order valence-electron chi connectivity index (χ4n) is 2.25. The summed E-state index contributed by atoms with van der Waals surface area (Å²) in [4.78, 5) is 0. The molecule has 0 heterocycles. The Balaban J connectivity index is 2.30. The molecule has 2 rings (SSSR count). The van der Waals surface area contributed by atoms with E-state index in [4.69, 9.17) is 4.74 Å². The minimum Gasteiger partial charge on any atom is -0.496 e. The summed E-state index contributed by atoms with van der Waals surface area (Å²) in [6.07, 6.45) is 1.51. The molecular formula is C17H19BrO2. The van der Waals surface area contributed by atoms with Crippen LogP contribution in [0.15, 0.2) is 46.9 Å². The van der Waals surface area contributed by atoms with E-state index in [1.807, 2.05) is 30.3 Å². The molecule has 0 aliphatic carbocycles. The number of aliphatic hydroxyl groups excluding tert-OH is 1. The van der Waals surface area contributed by atoms with Gasteiger partial charge in [0.15, 0.2) is 0 Å². The number of ether oxygens (including phenoxy) is 1. The largest absolute Gasteiger partial charge is 0.496 e. The van der Waals surface area contributed by atoms with E-state index in [1.165, 1.54) is 5.56 Å². The highest BCUT2D eigenvalue weighted by Gasteiger charge is 2.15. The molecule has 0 aliphatic heterocycles. The average Bonchev–Trinajstić information content (AvgIpc) is 2.47. The van der Waals surface area contributed by atoms with Crippen molar-refractivity contribution < 1.29 is 9.84 Å². The van der Waals surface area contributed by atoms with Gasteiger partial charge in [-0.3, -0.25) is 0 Å². The number of rotatable bonds is 5. The molecule has 20 heavy (non-hydrogen) atoms. The number of aliphatic hydroxyl groups is 1. The zero-order chi connectivity index (χ0) is 14.5. The Hall–Kier alpha value is -1.32. The van der Waals surface area contributed by atoms with Crippen molar-refractivity contribution in [3.05, 3.63) is 63.6 Å². The summed E-state index contributed by atoms with van der Waals surface area (Å²) >= 11 is 3.43. The SMILES string of the molecule is CCCc1ccc(C(O)c2cc(Br)ccc2OC)cc1. The molecule has 0 radical (unpaired) electrons. The van der Waals surface area contributed by atoms with Crippen LogP contribution in [0.2, 0.25) is 0 Å². The van der Waals surface area contributed by atoms with Gasteiger partial charge in [0.25, 0.3) is 0 Å². The van der Waals surface area contributed by atoms with Crippen molar-refractivity contribution >= 4 is 15.9 Å². The quantitative estimate of drug-likeness (QED) is 0.872. The number of aryl methyl sites for hydroxylation is 1. The molecule has 2 aromatic rings. The van der Waals surface area contributed by atoms with Crippen LogP contribution in [0.5, 0.6) is 5.75 Å². The summed E-state index contributed by atoms with van der Waals surface area (Å²) < 4.78 is 6.25. The van der Waals surface area contributed by atoms with Crippen LogP contribution in [-0.4, -0.2) is 12.2 Å². The first-order valence-corrected chi connectivity index (χ1v) is 7.55. The summed E-state index contributed by atoms with van der Waals surface area (Å²) in [6, 6.07) is 13.8. The van der Waals surface area contributed by atoms with Crippen LogP contribution in [0.4, 0.5) is 0 Å². The van der Waals surface area contributed by atoms with E-state index in [0.29, 0.717) is 5.75 Å². The standard InChI is InChI=1S/C17H19BrO2/c1-3-4-12-5-7-13(8-6-12)17(19)15-11-14(18)9-10-16(15)20-2/h5-11,17,19H,3-4H2,1-2H3. The van der Waals surface area contributed by atoms with Gasteiger partial charge in [0.1, 0.15) is 11.9 Å². The lowest BCUT2D eigenvalue weighted by Gasteiger charge is -2.16. The lowest BCUT2D eigenvalue weighted by Crippen LogP contribution is -2.02. The molecule has 0 bridgehead atoms. The van der Waals surface area contributed by atoms with Crippen LogP contribution in [0.25, 0.3) is 0 Å². The van der Waals surface area contributed by atoms with Crippen LogP contribution in [0, 0.1) is 0 Å². The zero-order valence-corrected chi connectivity index (χ0v) is 13.4. The zero-order valence-electron chi connectivity index (χ0n) is 11.8. The lowest BCUT2D eigenvalue weighted by atomic mass is 9.99. The van der Waals surface area contributed by atoms with Gasteiger partial charge in [-0.25, -0.2) is 0 Å². The molecule has 1 unspecified atom stereocenters. The Kier molecular flexibility index (Phi) is 5.21. The van der Waals surface area contributed by atoms with Gasteiger partial charge >= 0.3 is 0 Å². The molecule has 106 valence electrons. The van der Waals surface area contributed by atoms with E-state index in [0.717, 1.165) is 28.4 Å². The minimum atomic E-state index is -0.682. The molecular weight excluding hydrogens is 316 g/mol. The minimum absolute atomic E-state index is 0.682. The van der Waals surface area contributed by atoms with Crippen molar-refractivity contribution in [2.45, 2.75) is 25.9 Å². The second kappa shape index (κ2) is 6.91. The van der Waals surface area contributed by atoms with Crippen molar-refractivity contribution in [3.8, 4) is 5.75 Å². The third-order valence-corrected chi connectivity index (χ3v) is 3.81. The monoisotopic (exact) mass is 334 g/mol. The van der Waals surface area contributed by atoms with E-state index >= 15 is 0 Å². The van der Waals surface area contributed by atoms with Crippen LogP contribution in [-0.2, 0) is 6.42 Å². The number of hydrogen-bond acceptors (Lipinski definition) is 2. The fraction of sp³-hybridized carbons (Fsp3) is 0.294. The summed E-state index contributed by atoms with van der Waals surface area (Å²) in [5.41, 5.74) is 2.94. The Morgan fingerprint density at radius 1 is 1.15 bits per heavy atom. The molecule has 1 N–H and O–H groups in total. The predicted octanol–water partition coefficient (Wildman–Crippen LogP) is 4.49. The van der Waals surface area contributed by atoms with Crippen LogP contribution >= 0.6 is 15.9 Å². The Morgan fingerprint density at radius 3 is 2.45 bits per heavy atom. The maximum Gasteiger partial charge on any atom is 0.125 e. The van der Waals surface area contributed by atoms with Crippen molar-refractivity contribution in [3.63, 3.8) is 0 Å². The fourth-order valence-corrected chi connectivity index (χ4v) is 2.63. The highest BCUT2D eigenvalue weighted by atomic mass is 79.9. The summed E-state index contributed by atoms with van der Waals surface area (Å²) in [5.74, 6) is 0.693. The van der Waals surface area contributed by atoms with Crippen LogP contribution < -0.4 is 4.74 Å². The number of methoxy groups -OCH3 is 1. The lowest BCUT2D eigenvalue weighted by molar-refractivity contribution is 0.214. The van der Waals surface area contributed by atoms with Gasteiger partial charge < -0.3 is 9.84 Å². The first-order chi connectivity index (χ1) is 9.65. The van der Waals surface area contributed by atoms with Crippen molar-refractivity contribution in [1.29, 1.82) is 0 Å². The summed E-state index contributed by atoms with van der Waals surface area (Å²) in [6.45, 7) is 2.16. The molecule has 0 saturated carbocycles. The van der Waals surface area contributed by atoms with Gasteiger partial charge in [0.2, 0.25) is 0 Å². The molecule has 0 saturated heterocycles. The van der Waals surface area contributed by atoms with E-state index in [2.05, 4.69) is 35.0 Å². The number of halogens is 1. The Morgan fingerprint density at radius 2 is 1.85 bits per heavy atom. The molecule has 0 fully saturated rings. The molecule has 0 aliphatic rings. The first-order valence-electron chi connectivity index (χ1n) is 6.76. The maximum absolute atomic E-state index is 10.5. The van der Waals surface area contributed by atoms with Gasteiger partial charge in [-0.15, -0.1) is 0 Å². The van der Waals surface area contributed by atoms with E-state index in [-0.39, 0.29) is 0 Å². The summed E-state index contributed by atoms with van der Waals surface area (Å²) in [7, 11) is 1.61. The van der Waals surface area contributed by atoms with E-state index in [1.54, 1.807) is 7.11 Å². The molecule has 2 nitrogen and oxygen atoms in total. The van der Waals surface area contributed by atoms with Crippen molar-refractivity contribution in [1.82, 2.24) is 0 Å². The average molecular weight is 335 g/mol. The molecule has 3 heteroatoms. The smallest absolute Gasteiger partial charge is 0.125 e. The van der Waals surface area contributed by atoms with Crippen LogP contribution in [0.3, 0.4) is 0 Å². The van der Waals surface area contributed by atoms with Crippen molar-refractivity contribution in [2.24, 2.45) is 0 Å². The van der Waals surface area contributed by atoms with E-state index < -0.39 is 6.10 Å². The topological polar surface area (TPSA) is 29.5 Å². The van der Waals surface area contributed by atoms with Gasteiger partial charge in [-0.05, 0) is 35.7 Å². The van der Waals surface area contributed by atoms with Crippen molar-refractivity contribution in [2.75, 3.05) is 7.11 Å². The van der Waals surface area contributed by atoms with Gasteiger partial charge in [-0.2, -0.15) is 0 Å². The molecule has 0 aromatic heterocycles. The molecule has 1 atom stereocenters. The predicted molar refractivity (Wildman–Crippen MR) is 85.2 cm³/mol. The third kappa shape index (κ3) is 3.41. The van der Waals surface area contributed by atoms with Gasteiger partial charge in [0, 0.05) is 10.0 Å². The summed E-state index contributed by atoms with van der Waals surface area (Å²) in [5, 5.41) is 10.5. The maximum atomic E-state index is 10.5. The first kappa shape index (κ1) is 15.1. The van der Waals surface area contributed by atoms with Crippen LogP contribution in [0.1, 0.15) is 36.1 Å². The van der Waals surface area contributed by atoms with E-state index in [9.17, 15) is 5.11 Å². The van der Waals surface area contributed by atoms with Gasteiger partial charge in [-0.1, -0.05) is 53.5 Å². The highest BCUT2D eigenvalue weighted by Crippen LogP contribution is 2.32. The van der Waals surface area contributed by atoms with Gasteiger partial charge in [0.05, 0.1) is 7.11 Å². The Bertz CT molecular complexity index is 564. The molecule has 0 spiro atoms. The molecule has 2 aromatic carbocycles. The normalized spacial score (nSPS) is 12.2. The highest BCUT2D eigenvalue weighted by molar-refractivity contribution is 9.10.